The fourth-order valence-corrected chi connectivity index (χ4v) is 3.54. The SMILES string of the molecule is C=C(C)n1ncc2cc(C(O)(c3cc(C)c(OC)c(C)c3)C(F)(F)F)ccc21. The maximum absolute atomic E-state index is 14.1. The molecule has 1 atom stereocenters. The van der Waals surface area contributed by atoms with E-state index in [1.165, 1.54) is 48.3 Å². The zero-order chi connectivity index (χ0) is 20.9. The normalized spacial score (nSPS) is 14.1. The van der Waals surface area contributed by atoms with Crippen molar-refractivity contribution in [3.05, 3.63) is 65.4 Å². The molecule has 0 radical (unpaired) electrons. The molecule has 3 aromatic rings. The predicted molar refractivity (Wildman–Crippen MR) is 102 cm³/mol. The maximum Gasteiger partial charge on any atom is 0.425 e. The Kier molecular flexibility index (Phi) is 4.75. The van der Waals surface area contributed by atoms with Gasteiger partial charge in [-0.2, -0.15) is 18.3 Å². The quantitative estimate of drug-likeness (QED) is 0.686. The van der Waals surface area contributed by atoms with Gasteiger partial charge in [-0.15, -0.1) is 0 Å². The number of aromatic nitrogens is 2. The van der Waals surface area contributed by atoms with Gasteiger partial charge in [0.25, 0.3) is 0 Å². The number of allylic oxidation sites excluding steroid dienone is 1. The lowest BCUT2D eigenvalue weighted by molar-refractivity contribution is -0.248. The highest BCUT2D eigenvalue weighted by atomic mass is 19.4. The first-order valence-electron chi connectivity index (χ1n) is 8.59. The molecule has 148 valence electrons. The van der Waals surface area contributed by atoms with Gasteiger partial charge < -0.3 is 9.84 Å². The van der Waals surface area contributed by atoms with Crippen LogP contribution in [0.5, 0.6) is 5.75 Å². The Hall–Kier alpha value is -2.80. The Labute approximate surface area is 160 Å². The molecule has 0 bridgehead atoms. The summed E-state index contributed by atoms with van der Waals surface area (Å²) >= 11 is 0. The first-order chi connectivity index (χ1) is 13.0. The third-order valence-electron chi connectivity index (χ3n) is 4.84. The third kappa shape index (κ3) is 2.96. The van der Waals surface area contributed by atoms with Gasteiger partial charge in [0.1, 0.15) is 5.75 Å². The van der Waals surface area contributed by atoms with Gasteiger partial charge in [0.2, 0.25) is 5.60 Å². The van der Waals surface area contributed by atoms with Gasteiger partial charge in [-0.1, -0.05) is 12.6 Å². The van der Waals surface area contributed by atoms with Crippen LogP contribution in [0.1, 0.15) is 29.2 Å². The summed E-state index contributed by atoms with van der Waals surface area (Å²) in [6.07, 6.45) is -3.48. The van der Waals surface area contributed by atoms with E-state index >= 15 is 0 Å². The summed E-state index contributed by atoms with van der Waals surface area (Å²) in [6, 6.07) is 6.70. The minimum absolute atomic E-state index is 0.262. The number of ether oxygens (including phenoxy) is 1. The molecule has 0 spiro atoms. The molecule has 0 saturated carbocycles. The molecule has 1 heterocycles. The zero-order valence-corrected chi connectivity index (χ0v) is 16.1. The number of hydrogen-bond acceptors (Lipinski definition) is 3. The summed E-state index contributed by atoms with van der Waals surface area (Å²) in [5.74, 6) is 0.492. The summed E-state index contributed by atoms with van der Waals surface area (Å²) in [5, 5.41) is 15.6. The van der Waals surface area contributed by atoms with Gasteiger partial charge in [0, 0.05) is 11.1 Å². The van der Waals surface area contributed by atoms with Gasteiger partial charge in [0.05, 0.1) is 18.8 Å². The minimum Gasteiger partial charge on any atom is -0.496 e. The molecule has 2 aromatic carbocycles. The molecule has 1 N–H and O–H groups in total. The topological polar surface area (TPSA) is 47.3 Å². The number of fused-ring (bicyclic) bond motifs is 1. The Morgan fingerprint density at radius 2 is 1.71 bits per heavy atom. The van der Waals surface area contributed by atoms with Crippen LogP contribution in [0.15, 0.2) is 43.1 Å². The van der Waals surface area contributed by atoms with Crippen molar-refractivity contribution in [2.24, 2.45) is 0 Å². The highest BCUT2D eigenvalue weighted by molar-refractivity contribution is 5.82. The third-order valence-corrected chi connectivity index (χ3v) is 4.84. The van der Waals surface area contributed by atoms with Gasteiger partial charge >= 0.3 is 6.18 Å². The molecule has 1 unspecified atom stereocenters. The molecule has 0 fully saturated rings. The van der Waals surface area contributed by atoms with Gasteiger partial charge in [0.15, 0.2) is 0 Å². The average molecular weight is 390 g/mol. The molecular formula is C21H21F3N2O2. The number of aryl methyl sites for hydroxylation is 2. The van der Waals surface area contributed by atoms with Gasteiger partial charge in [-0.3, -0.25) is 0 Å². The second-order valence-electron chi connectivity index (χ2n) is 6.92. The summed E-state index contributed by atoms with van der Waals surface area (Å²) in [5.41, 5.74) is -1.44. The highest BCUT2D eigenvalue weighted by Crippen LogP contribution is 2.46. The standard InChI is InChI=1S/C21H21F3N2O2/c1-12(2)26-18-7-6-16(10-15(18)11-25-26)20(27,21(22,23)24)17-8-13(3)19(28-5)14(4)9-17/h6-11,27H,1H2,2-5H3. The van der Waals surface area contributed by atoms with Crippen molar-refractivity contribution in [2.45, 2.75) is 32.5 Å². The van der Waals surface area contributed by atoms with E-state index in [0.717, 1.165) is 0 Å². The first kappa shape index (κ1) is 19.9. The molecule has 3 rings (SSSR count). The van der Waals surface area contributed by atoms with Crippen molar-refractivity contribution in [3.8, 4) is 5.75 Å². The molecule has 0 saturated heterocycles. The van der Waals surface area contributed by atoms with Crippen molar-refractivity contribution < 1.29 is 23.0 Å². The zero-order valence-electron chi connectivity index (χ0n) is 16.1. The van der Waals surface area contributed by atoms with Crippen LogP contribution in [0.2, 0.25) is 0 Å². The van der Waals surface area contributed by atoms with E-state index in [-0.39, 0.29) is 11.1 Å². The fourth-order valence-electron chi connectivity index (χ4n) is 3.54. The minimum atomic E-state index is -4.93. The number of methoxy groups -OCH3 is 1. The molecule has 4 nitrogen and oxygen atoms in total. The van der Waals surface area contributed by atoms with Crippen molar-refractivity contribution >= 4 is 16.6 Å². The van der Waals surface area contributed by atoms with Crippen LogP contribution in [0, 0.1) is 13.8 Å². The van der Waals surface area contributed by atoms with E-state index in [9.17, 15) is 18.3 Å². The van der Waals surface area contributed by atoms with Crippen molar-refractivity contribution in [3.63, 3.8) is 0 Å². The van der Waals surface area contributed by atoms with E-state index in [0.29, 0.717) is 33.5 Å². The van der Waals surface area contributed by atoms with E-state index < -0.39 is 11.8 Å². The number of rotatable bonds is 4. The van der Waals surface area contributed by atoms with Crippen LogP contribution < -0.4 is 4.74 Å². The number of aliphatic hydroxyl groups is 1. The molecular weight excluding hydrogens is 369 g/mol. The monoisotopic (exact) mass is 390 g/mol. The van der Waals surface area contributed by atoms with Crippen LogP contribution in [-0.4, -0.2) is 28.2 Å². The molecule has 0 amide bonds. The molecule has 0 aliphatic heterocycles. The van der Waals surface area contributed by atoms with Crippen molar-refractivity contribution in [2.75, 3.05) is 7.11 Å². The largest absolute Gasteiger partial charge is 0.496 e. The predicted octanol–water partition coefficient (Wildman–Crippen LogP) is 4.95. The van der Waals surface area contributed by atoms with E-state index in [4.69, 9.17) is 4.74 Å². The van der Waals surface area contributed by atoms with E-state index in [1.54, 1.807) is 20.8 Å². The lowest BCUT2D eigenvalue weighted by Gasteiger charge is -2.32. The van der Waals surface area contributed by atoms with Crippen LogP contribution >= 0.6 is 0 Å². The van der Waals surface area contributed by atoms with Crippen LogP contribution in [0.3, 0.4) is 0 Å². The molecule has 0 aliphatic carbocycles. The lowest BCUT2D eigenvalue weighted by Crippen LogP contribution is -2.43. The lowest BCUT2D eigenvalue weighted by atomic mass is 9.83. The molecule has 28 heavy (non-hydrogen) atoms. The summed E-state index contributed by atoms with van der Waals surface area (Å²) in [6.45, 7) is 8.84. The maximum atomic E-state index is 14.1. The van der Waals surface area contributed by atoms with Gasteiger partial charge in [-0.05, 0) is 67.3 Å². The Morgan fingerprint density at radius 1 is 1.11 bits per heavy atom. The molecule has 1 aromatic heterocycles. The number of benzene rings is 2. The summed E-state index contributed by atoms with van der Waals surface area (Å²) in [4.78, 5) is 0. The average Bonchev–Trinajstić information content (AvgIpc) is 3.03. The number of alkyl halides is 3. The number of hydrogen-bond donors (Lipinski definition) is 1. The Bertz CT molecular complexity index is 1050. The Morgan fingerprint density at radius 3 is 2.21 bits per heavy atom. The Balaban J connectivity index is 2.26. The molecule has 7 heteroatoms. The highest BCUT2D eigenvalue weighted by Gasteiger charge is 2.56. The summed E-state index contributed by atoms with van der Waals surface area (Å²) in [7, 11) is 1.46. The molecule has 0 aliphatic rings. The first-order valence-corrected chi connectivity index (χ1v) is 8.59. The van der Waals surface area contributed by atoms with E-state index in [2.05, 4.69) is 11.7 Å². The van der Waals surface area contributed by atoms with Crippen molar-refractivity contribution in [1.82, 2.24) is 9.78 Å². The second kappa shape index (κ2) is 6.67. The van der Waals surface area contributed by atoms with Gasteiger partial charge in [-0.25, -0.2) is 4.68 Å². The van der Waals surface area contributed by atoms with Crippen LogP contribution in [-0.2, 0) is 5.60 Å². The van der Waals surface area contributed by atoms with Crippen LogP contribution in [0.25, 0.3) is 16.6 Å². The number of halogens is 3. The smallest absolute Gasteiger partial charge is 0.425 e. The number of nitrogens with zero attached hydrogens (tertiary/aromatic N) is 2. The van der Waals surface area contributed by atoms with E-state index in [1.807, 2.05) is 0 Å². The van der Waals surface area contributed by atoms with Crippen LogP contribution in [0.4, 0.5) is 13.2 Å². The second-order valence-corrected chi connectivity index (χ2v) is 6.92. The fraction of sp³-hybridized carbons (Fsp3) is 0.286. The summed E-state index contributed by atoms with van der Waals surface area (Å²) < 4.78 is 49.2. The van der Waals surface area contributed by atoms with Crippen molar-refractivity contribution in [1.29, 1.82) is 0 Å².